The lowest BCUT2D eigenvalue weighted by Crippen LogP contribution is -2.30. The summed E-state index contributed by atoms with van der Waals surface area (Å²) in [7, 11) is 0. The lowest BCUT2D eigenvalue weighted by atomic mass is 10.2. The van der Waals surface area contributed by atoms with Gasteiger partial charge in [-0.25, -0.2) is 0 Å². The van der Waals surface area contributed by atoms with Gasteiger partial charge in [0, 0.05) is 5.69 Å². The van der Waals surface area contributed by atoms with E-state index in [4.69, 9.17) is 10.00 Å². The number of nitrogens with zero attached hydrogens (tertiary/aromatic N) is 1. The summed E-state index contributed by atoms with van der Waals surface area (Å²) in [6, 6.07) is 16.3. The molecule has 0 aliphatic carbocycles. The van der Waals surface area contributed by atoms with E-state index in [-0.39, 0.29) is 5.91 Å². The van der Waals surface area contributed by atoms with Crippen LogP contribution in [0.5, 0.6) is 5.75 Å². The molecule has 106 valence electrons. The number of carbonyl (C=O) groups excluding carboxylic acids is 1. The van der Waals surface area contributed by atoms with E-state index < -0.39 is 6.10 Å². The molecule has 0 saturated heterocycles. The lowest BCUT2D eigenvalue weighted by Gasteiger charge is -2.15. The maximum Gasteiger partial charge on any atom is 0.265 e. The van der Waals surface area contributed by atoms with Crippen LogP contribution < -0.4 is 10.1 Å². The molecule has 0 aliphatic rings. The molecule has 0 aromatic heterocycles. The zero-order chi connectivity index (χ0) is 15.2. The first kappa shape index (κ1) is 14.6. The zero-order valence-electron chi connectivity index (χ0n) is 12.0. The topological polar surface area (TPSA) is 62.1 Å². The number of nitriles is 1. The second-order valence-corrected chi connectivity index (χ2v) is 4.75. The molecule has 2 aromatic carbocycles. The summed E-state index contributed by atoms with van der Waals surface area (Å²) in [6.07, 6.45) is -0.653. The van der Waals surface area contributed by atoms with E-state index in [0.717, 1.165) is 11.3 Å². The fourth-order valence-electron chi connectivity index (χ4n) is 1.78. The maximum atomic E-state index is 12.1. The SMILES string of the molecule is Cc1ccc(NC(=O)C(C)Oc2cccc(C#N)c2)cc1. The van der Waals surface area contributed by atoms with Crippen LogP contribution in [0.25, 0.3) is 0 Å². The minimum Gasteiger partial charge on any atom is -0.481 e. The minimum absolute atomic E-state index is 0.235. The van der Waals surface area contributed by atoms with Crippen molar-refractivity contribution in [3.63, 3.8) is 0 Å². The number of rotatable bonds is 4. The van der Waals surface area contributed by atoms with Gasteiger partial charge in [-0.15, -0.1) is 0 Å². The van der Waals surface area contributed by atoms with E-state index in [1.807, 2.05) is 37.3 Å². The summed E-state index contributed by atoms with van der Waals surface area (Å²) in [5, 5.41) is 11.6. The molecule has 1 atom stereocenters. The van der Waals surface area contributed by atoms with Crippen LogP contribution in [0.4, 0.5) is 5.69 Å². The van der Waals surface area contributed by atoms with Gasteiger partial charge in [0.2, 0.25) is 0 Å². The standard InChI is InChI=1S/C17H16N2O2/c1-12-6-8-15(9-7-12)19-17(20)13(2)21-16-5-3-4-14(10-16)11-18/h3-10,13H,1-2H3,(H,19,20). The van der Waals surface area contributed by atoms with Crippen LogP contribution in [-0.4, -0.2) is 12.0 Å². The molecule has 4 nitrogen and oxygen atoms in total. The smallest absolute Gasteiger partial charge is 0.265 e. The van der Waals surface area contributed by atoms with E-state index in [1.54, 1.807) is 31.2 Å². The van der Waals surface area contributed by atoms with Crippen LogP contribution in [0.3, 0.4) is 0 Å². The molecule has 0 fully saturated rings. The third-order valence-corrected chi connectivity index (χ3v) is 2.96. The Morgan fingerprint density at radius 2 is 1.95 bits per heavy atom. The molecule has 1 N–H and O–H groups in total. The second kappa shape index (κ2) is 6.58. The van der Waals surface area contributed by atoms with Crippen molar-refractivity contribution >= 4 is 11.6 Å². The van der Waals surface area contributed by atoms with Crippen LogP contribution in [0.1, 0.15) is 18.1 Å². The van der Waals surface area contributed by atoms with Crippen LogP contribution in [0.15, 0.2) is 48.5 Å². The van der Waals surface area contributed by atoms with Gasteiger partial charge in [0.25, 0.3) is 5.91 Å². The zero-order valence-corrected chi connectivity index (χ0v) is 12.0. The molecular formula is C17H16N2O2. The van der Waals surface area contributed by atoms with Crippen molar-refractivity contribution in [3.05, 3.63) is 59.7 Å². The van der Waals surface area contributed by atoms with Gasteiger partial charge >= 0.3 is 0 Å². The van der Waals surface area contributed by atoms with E-state index in [1.165, 1.54) is 0 Å². The van der Waals surface area contributed by atoms with Crippen molar-refractivity contribution in [2.24, 2.45) is 0 Å². The number of hydrogen-bond donors (Lipinski definition) is 1. The highest BCUT2D eigenvalue weighted by Gasteiger charge is 2.15. The lowest BCUT2D eigenvalue weighted by molar-refractivity contribution is -0.122. The van der Waals surface area contributed by atoms with E-state index in [2.05, 4.69) is 5.32 Å². The Balaban J connectivity index is 1.99. The van der Waals surface area contributed by atoms with E-state index in [9.17, 15) is 4.79 Å². The minimum atomic E-state index is -0.653. The van der Waals surface area contributed by atoms with Gasteiger partial charge in [-0.3, -0.25) is 4.79 Å². The Bertz CT molecular complexity index is 672. The highest BCUT2D eigenvalue weighted by Crippen LogP contribution is 2.15. The Labute approximate surface area is 124 Å². The molecule has 0 bridgehead atoms. The van der Waals surface area contributed by atoms with Crippen LogP contribution >= 0.6 is 0 Å². The molecule has 2 aromatic rings. The number of hydrogen-bond acceptors (Lipinski definition) is 3. The van der Waals surface area contributed by atoms with Crippen LogP contribution in [0.2, 0.25) is 0 Å². The summed E-state index contributed by atoms with van der Waals surface area (Å²) in [6.45, 7) is 3.65. The number of benzene rings is 2. The summed E-state index contributed by atoms with van der Waals surface area (Å²) in [5.41, 5.74) is 2.36. The molecule has 0 aliphatic heterocycles. The molecule has 0 spiro atoms. The van der Waals surface area contributed by atoms with Crippen LogP contribution in [-0.2, 0) is 4.79 Å². The van der Waals surface area contributed by atoms with Crippen molar-refractivity contribution in [2.45, 2.75) is 20.0 Å². The third-order valence-electron chi connectivity index (χ3n) is 2.96. The number of anilines is 1. The Morgan fingerprint density at radius 1 is 1.24 bits per heavy atom. The predicted octanol–water partition coefficient (Wildman–Crippen LogP) is 3.27. The fraction of sp³-hybridized carbons (Fsp3) is 0.176. The van der Waals surface area contributed by atoms with Crippen molar-refractivity contribution in [1.82, 2.24) is 0 Å². The predicted molar refractivity (Wildman–Crippen MR) is 81.1 cm³/mol. The quantitative estimate of drug-likeness (QED) is 0.935. The van der Waals surface area contributed by atoms with Gasteiger partial charge in [0.1, 0.15) is 5.75 Å². The first-order chi connectivity index (χ1) is 10.1. The van der Waals surface area contributed by atoms with E-state index in [0.29, 0.717) is 11.3 Å². The van der Waals surface area contributed by atoms with Crippen LogP contribution in [0, 0.1) is 18.3 Å². The molecule has 0 radical (unpaired) electrons. The Hall–Kier alpha value is -2.80. The largest absolute Gasteiger partial charge is 0.481 e. The molecule has 0 saturated carbocycles. The number of aryl methyl sites for hydroxylation is 1. The highest BCUT2D eigenvalue weighted by molar-refractivity contribution is 5.94. The third kappa shape index (κ3) is 4.08. The molecule has 2 rings (SSSR count). The van der Waals surface area contributed by atoms with Gasteiger partial charge in [0.05, 0.1) is 11.6 Å². The second-order valence-electron chi connectivity index (χ2n) is 4.75. The van der Waals surface area contributed by atoms with Gasteiger partial charge in [-0.1, -0.05) is 23.8 Å². The first-order valence-corrected chi connectivity index (χ1v) is 6.63. The number of amides is 1. The number of nitrogens with one attached hydrogen (secondary N) is 1. The Morgan fingerprint density at radius 3 is 2.62 bits per heavy atom. The normalized spacial score (nSPS) is 11.3. The van der Waals surface area contributed by atoms with Crippen molar-refractivity contribution in [1.29, 1.82) is 5.26 Å². The van der Waals surface area contributed by atoms with Gasteiger partial charge in [-0.05, 0) is 44.2 Å². The number of ether oxygens (including phenoxy) is 1. The molecule has 4 heteroatoms. The maximum absolute atomic E-state index is 12.1. The van der Waals surface area contributed by atoms with Gasteiger partial charge < -0.3 is 10.1 Å². The van der Waals surface area contributed by atoms with E-state index >= 15 is 0 Å². The molecule has 0 heterocycles. The molecular weight excluding hydrogens is 264 g/mol. The average Bonchev–Trinajstić information content (AvgIpc) is 2.49. The van der Waals surface area contributed by atoms with Crippen molar-refractivity contribution < 1.29 is 9.53 Å². The Kier molecular flexibility index (Phi) is 4.57. The van der Waals surface area contributed by atoms with Gasteiger partial charge in [0.15, 0.2) is 6.10 Å². The summed E-state index contributed by atoms with van der Waals surface area (Å²) < 4.78 is 5.55. The first-order valence-electron chi connectivity index (χ1n) is 6.63. The molecule has 21 heavy (non-hydrogen) atoms. The fourth-order valence-corrected chi connectivity index (χ4v) is 1.78. The molecule has 1 unspecified atom stereocenters. The monoisotopic (exact) mass is 280 g/mol. The van der Waals surface area contributed by atoms with Crippen molar-refractivity contribution in [2.75, 3.05) is 5.32 Å². The average molecular weight is 280 g/mol. The highest BCUT2D eigenvalue weighted by atomic mass is 16.5. The molecule has 1 amide bonds. The van der Waals surface area contributed by atoms with Crippen molar-refractivity contribution in [3.8, 4) is 11.8 Å². The summed E-state index contributed by atoms with van der Waals surface area (Å²) in [5.74, 6) is 0.266. The van der Waals surface area contributed by atoms with Gasteiger partial charge in [-0.2, -0.15) is 5.26 Å². The number of carbonyl (C=O) groups is 1. The summed E-state index contributed by atoms with van der Waals surface area (Å²) in [4.78, 5) is 12.1. The summed E-state index contributed by atoms with van der Waals surface area (Å²) >= 11 is 0.